The standard InChI is InChI=1S/C15H23ClFN3/c1-19(2)10-12-4-3-7-20(12)15(9-18)11-5-6-13(16)14(17)8-11/h5-6,8,12,15H,3-4,7,9-10,18H2,1-2H3. The maximum atomic E-state index is 13.7. The molecule has 2 rings (SSSR count). The molecule has 20 heavy (non-hydrogen) atoms. The monoisotopic (exact) mass is 299 g/mol. The molecule has 0 saturated carbocycles. The van der Waals surface area contributed by atoms with Gasteiger partial charge in [-0.05, 0) is 51.2 Å². The van der Waals surface area contributed by atoms with E-state index in [0.29, 0.717) is 12.6 Å². The number of hydrogen-bond donors (Lipinski definition) is 1. The van der Waals surface area contributed by atoms with Crippen LogP contribution in [0.2, 0.25) is 5.02 Å². The summed E-state index contributed by atoms with van der Waals surface area (Å²) in [6, 6.07) is 5.57. The normalized spacial score (nSPS) is 21.6. The molecule has 3 nitrogen and oxygen atoms in total. The van der Waals surface area contributed by atoms with E-state index in [-0.39, 0.29) is 16.9 Å². The van der Waals surface area contributed by atoms with E-state index in [1.807, 2.05) is 6.07 Å². The van der Waals surface area contributed by atoms with Gasteiger partial charge >= 0.3 is 0 Å². The lowest BCUT2D eigenvalue weighted by molar-refractivity contribution is 0.155. The minimum Gasteiger partial charge on any atom is -0.329 e. The molecule has 0 aromatic heterocycles. The van der Waals surface area contributed by atoms with E-state index in [1.165, 1.54) is 18.9 Å². The van der Waals surface area contributed by atoms with Crippen LogP contribution in [0.3, 0.4) is 0 Å². The van der Waals surface area contributed by atoms with Crippen molar-refractivity contribution in [2.45, 2.75) is 24.9 Å². The van der Waals surface area contributed by atoms with Gasteiger partial charge in [0.15, 0.2) is 0 Å². The third-order valence-electron chi connectivity index (χ3n) is 3.95. The van der Waals surface area contributed by atoms with Crippen LogP contribution < -0.4 is 5.73 Å². The Morgan fingerprint density at radius 1 is 1.50 bits per heavy atom. The Morgan fingerprint density at radius 2 is 2.25 bits per heavy atom. The van der Waals surface area contributed by atoms with Crippen LogP contribution in [-0.4, -0.2) is 49.6 Å². The molecule has 1 aliphatic heterocycles. The van der Waals surface area contributed by atoms with Crippen molar-refractivity contribution in [1.82, 2.24) is 9.80 Å². The van der Waals surface area contributed by atoms with Gasteiger partial charge in [0.05, 0.1) is 5.02 Å². The van der Waals surface area contributed by atoms with Crippen molar-refractivity contribution < 1.29 is 4.39 Å². The zero-order valence-corrected chi connectivity index (χ0v) is 12.9. The summed E-state index contributed by atoms with van der Waals surface area (Å²) in [5.41, 5.74) is 6.87. The molecular formula is C15H23ClFN3. The van der Waals surface area contributed by atoms with E-state index < -0.39 is 0 Å². The molecular weight excluding hydrogens is 277 g/mol. The Hall–Kier alpha value is -0.680. The van der Waals surface area contributed by atoms with Gasteiger partial charge in [-0.3, -0.25) is 4.90 Å². The number of nitrogens with zero attached hydrogens (tertiary/aromatic N) is 2. The van der Waals surface area contributed by atoms with Crippen molar-refractivity contribution in [3.63, 3.8) is 0 Å². The summed E-state index contributed by atoms with van der Waals surface area (Å²) in [4.78, 5) is 4.60. The van der Waals surface area contributed by atoms with Gasteiger partial charge < -0.3 is 10.6 Å². The first-order valence-electron chi connectivity index (χ1n) is 7.08. The number of halogens is 2. The topological polar surface area (TPSA) is 32.5 Å². The zero-order valence-electron chi connectivity index (χ0n) is 12.1. The lowest BCUT2D eigenvalue weighted by Crippen LogP contribution is -2.42. The second kappa shape index (κ2) is 6.85. The van der Waals surface area contributed by atoms with Crippen molar-refractivity contribution in [3.8, 4) is 0 Å². The Balaban J connectivity index is 2.20. The van der Waals surface area contributed by atoms with Crippen molar-refractivity contribution in [1.29, 1.82) is 0 Å². The number of likely N-dealkylation sites (tertiary alicyclic amines) is 1. The van der Waals surface area contributed by atoms with Gasteiger partial charge in [0.25, 0.3) is 0 Å². The molecule has 0 spiro atoms. The SMILES string of the molecule is CN(C)CC1CCCN1C(CN)c1ccc(Cl)c(F)c1. The van der Waals surface area contributed by atoms with Gasteiger partial charge in [0.1, 0.15) is 5.82 Å². The third-order valence-corrected chi connectivity index (χ3v) is 4.26. The van der Waals surface area contributed by atoms with Gasteiger partial charge in [-0.25, -0.2) is 4.39 Å². The summed E-state index contributed by atoms with van der Waals surface area (Å²) in [6.45, 7) is 2.52. The average molecular weight is 300 g/mol. The number of nitrogens with two attached hydrogens (primary N) is 1. The van der Waals surface area contributed by atoms with E-state index in [0.717, 1.165) is 18.7 Å². The molecule has 0 bridgehead atoms. The summed E-state index contributed by atoms with van der Waals surface area (Å²) < 4.78 is 13.7. The van der Waals surface area contributed by atoms with Gasteiger partial charge in [0.2, 0.25) is 0 Å². The Labute approximate surface area is 125 Å². The fraction of sp³-hybridized carbons (Fsp3) is 0.600. The van der Waals surface area contributed by atoms with Crippen LogP contribution >= 0.6 is 11.6 Å². The molecule has 2 unspecified atom stereocenters. The van der Waals surface area contributed by atoms with Crippen LogP contribution in [0.4, 0.5) is 4.39 Å². The molecule has 0 radical (unpaired) electrons. The fourth-order valence-electron chi connectivity index (χ4n) is 3.07. The molecule has 1 aromatic rings. The molecule has 2 atom stereocenters. The minimum atomic E-state index is -0.369. The maximum Gasteiger partial charge on any atom is 0.142 e. The summed E-state index contributed by atoms with van der Waals surface area (Å²) in [5.74, 6) is -0.369. The molecule has 112 valence electrons. The molecule has 1 saturated heterocycles. The summed E-state index contributed by atoms with van der Waals surface area (Å²) in [6.07, 6.45) is 2.34. The van der Waals surface area contributed by atoms with Crippen molar-refractivity contribution in [2.75, 3.05) is 33.7 Å². The highest BCUT2D eigenvalue weighted by Crippen LogP contribution is 2.30. The second-order valence-corrected chi connectivity index (χ2v) is 6.13. The minimum absolute atomic E-state index is 0.0641. The maximum absolute atomic E-state index is 13.7. The highest BCUT2D eigenvalue weighted by molar-refractivity contribution is 6.30. The number of benzene rings is 1. The van der Waals surface area contributed by atoms with Crippen LogP contribution in [-0.2, 0) is 0 Å². The van der Waals surface area contributed by atoms with Crippen LogP contribution in [0.5, 0.6) is 0 Å². The molecule has 1 aromatic carbocycles. The van der Waals surface area contributed by atoms with E-state index in [9.17, 15) is 4.39 Å². The van der Waals surface area contributed by atoms with Gasteiger partial charge in [-0.15, -0.1) is 0 Å². The first-order valence-corrected chi connectivity index (χ1v) is 7.46. The molecule has 2 N–H and O–H groups in total. The van der Waals surface area contributed by atoms with E-state index in [4.69, 9.17) is 17.3 Å². The predicted octanol–water partition coefficient (Wildman–Crippen LogP) is 2.50. The first-order chi connectivity index (χ1) is 9.52. The van der Waals surface area contributed by atoms with Crippen LogP contribution in [0, 0.1) is 5.82 Å². The van der Waals surface area contributed by atoms with Gasteiger partial charge in [-0.1, -0.05) is 17.7 Å². The largest absolute Gasteiger partial charge is 0.329 e. The van der Waals surface area contributed by atoms with Crippen LogP contribution in [0.1, 0.15) is 24.4 Å². The van der Waals surface area contributed by atoms with Crippen molar-refractivity contribution in [2.24, 2.45) is 5.73 Å². The van der Waals surface area contributed by atoms with Crippen LogP contribution in [0.25, 0.3) is 0 Å². The Kier molecular flexibility index (Phi) is 5.38. The number of hydrogen-bond acceptors (Lipinski definition) is 3. The molecule has 1 heterocycles. The van der Waals surface area contributed by atoms with Crippen LogP contribution in [0.15, 0.2) is 18.2 Å². The number of rotatable bonds is 5. The van der Waals surface area contributed by atoms with E-state index in [2.05, 4.69) is 23.9 Å². The smallest absolute Gasteiger partial charge is 0.142 e. The van der Waals surface area contributed by atoms with Crippen molar-refractivity contribution >= 4 is 11.6 Å². The fourth-order valence-corrected chi connectivity index (χ4v) is 3.19. The van der Waals surface area contributed by atoms with E-state index in [1.54, 1.807) is 6.07 Å². The second-order valence-electron chi connectivity index (χ2n) is 5.72. The molecule has 0 aliphatic carbocycles. The third kappa shape index (κ3) is 3.50. The highest BCUT2D eigenvalue weighted by Gasteiger charge is 2.31. The van der Waals surface area contributed by atoms with Gasteiger partial charge in [-0.2, -0.15) is 0 Å². The molecule has 1 aliphatic rings. The average Bonchev–Trinajstić information content (AvgIpc) is 2.82. The lowest BCUT2D eigenvalue weighted by atomic mass is 10.0. The van der Waals surface area contributed by atoms with Gasteiger partial charge in [0, 0.05) is 25.2 Å². The Morgan fingerprint density at radius 3 is 2.85 bits per heavy atom. The summed E-state index contributed by atoms with van der Waals surface area (Å²) in [7, 11) is 4.16. The zero-order chi connectivity index (χ0) is 14.7. The van der Waals surface area contributed by atoms with Crippen molar-refractivity contribution in [3.05, 3.63) is 34.6 Å². The molecule has 1 fully saturated rings. The summed E-state index contributed by atoms with van der Waals surface area (Å²) in [5, 5.41) is 0.163. The quantitative estimate of drug-likeness (QED) is 0.907. The summed E-state index contributed by atoms with van der Waals surface area (Å²) >= 11 is 5.76. The highest BCUT2D eigenvalue weighted by atomic mass is 35.5. The molecule has 5 heteroatoms. The Bertz CT molecular complexity index is 453. The number of likely N-dealkylation sites (N-methyl/N-ethyl adjacent to an activating group) is 1. The first kappa shape index (κ1) is 15.7. The lowest BCUT2D eigenvalue weighted by Gasteiger charge is -2.34. The molecule has 0 amide bonds. The predicted molar refractivity (Wildman–Crippen MR) is 81.5 cm³/mol. The van der Waals surface area contributed by atoms with E-state index >= 15 is 0 Å².